The van der Waals surface area contributed by atoms with Gasteiger partial charge in [0.25, 0.3) is 0 Å². The van der Waals surface area contributed by atoms with Crippen LogP contribution in [0.1, 0.15) is 38.7 Å². The van der Waals surface area contributed by atoms with Crippen LogP contribution in [0.3, 0.4) is 0 Å². The first kappa shape index (κ1) is 20.3. The number of carbonyl (C=O) groups is 1. The standard InChI is InChI=1S/C20H31N3O3S/c1-13(2)10-19(22-27(25,26)16-7-4-14(3)5-8-16)20(24)23-11-15-6-9-18(21)17(15)12-23/h4-5,7-8,13,15,17-19,22H,6,9-12,21H2,1-3H3. The van der Waals surface area contributed by atoms with Crippen LogP contribution in [0.25, 0.3) is 0 Å². The fourth-order valence-corrected chi connectivity index (χ4v) is 5.55. The van der Waals surface area contributed by atoms with Gasteiger partial charge >= 0.3 is 0 Å². The number of sulfonamides is 1. The average molecular weight is 394 g/mol. The molecule has 1 aliphatic heterocycles. The van der Waals surface area contributed by atoms with Gasteiger partial charge in [-0.2, -0.15) is 4.72 Å². The lowest BCUT2D eigenvalue weighted by Gasteiger charge is -2.26. The van der Waals surface area contributed by atoms with E-state index in [2.05, 4.69) is 4.72 Å². The van der Waals surface area contributed by atoms with E-state index in [0.717, 1.165) is 18.4 Å². The van der Waals surface area contributed by atoms with Crippen LogP contribution >= 0.6 is 0 Å². The number of aryl methyl sites for hydroxylation is 1. The van der Waals surface area contributed by atoms with E-state index in [1.54, 1.807) is 24.3 Å². The van der Waals surface area contributed by atoms with Crippen molar-refractivity contribution in [2.24, 2.45) is 23.5 Å². The lowest BCUT2D eigenvalue weighted by molar-refractivity contribution is -0.132. The van der Waals surface area contributed by atoms with Gasteiger partial charge in [0.1, 0.15) is 6.04 Å². The number of hydrogen-bond donors (Lipinski definition) is 2. The van der Waals surface area contributed by atoms with E-state index in [-0.39, 0.29) is 22.8 Å². The average Bonchev–Trinajstić information content (AvgIpc) is 3.16. The summed E-state index contributed by atoms with van der Waals surface area (Å²) in [6.07, 6.45) is 2.55. The third kappa shape index (κ3) is 4.52. The van der Waals surface area contributed by atoms with Crippen molar-refractivity contribution < 1.29 is 13.2 Å². The molecule has 1 saturated heterocycles. The van der Waals surface area contributed by atoms with Gasteiger partial charge in [0.2, 0.25) is 15.9 Å². The number of nitrogens with one attached hydrogen (secondary N) is 1. The Kier molecular flexibility index (Phi) is 5.93. The maximum absolute atomic E-state index is 13.1. The van der Waals surface area contributed by atoms with Crippen LogP contribution in [0.4, 0.5) is 0 Å². The zero-order chi connectivity index (χ0) is 19.8. The van der Waals surface area contributed by atoms with Gasteiger partial charge < -0.3 is 10.6 Å². The molecule has 1 saturated carbocycles. The molecule has 3 N–H and O–H groups in total. The quantitative estimate of drug-likeness (QED) is 0.772. The summed E-state index contributed by atoms with van der Waals surface area (Å²) >= 11 is 0. The number of fused-ring (bicyclic) bond motifs is 1. The van der Waals surface area contributed by atoms with Crippen molar-refractivity contribution in [3.63, 3.8) is 0 Å². The second-order valence-electron chi connectivity index (χ2n) is 8.52. The van der Waals surface area contributed by atoms with Gasteiger partial charge in [0.15, 0.2) is 0 Å². The Bertz CT molecular complexity index is 776. The third-order valence-electron chi connectivity index (χ3n) is 5.86. The Morgan fingerprint density at radius 1 is 1.22 bits per heavy atom. The molecule has 1 amide bonds. The fourth-order valence-electron chi connectivity index (χ4n) is 4.35. The van der Waals surface area contributed by atoms with E-state index in [0.29, 0.717) is 31.3 Å². The van der Waals surface area contributed by atoms with Crippen LogP contribution in [0.2, 0.25) is 0 Å². The lowest BCUT2D eigenvalue weighted by atomic mass is 9.98. The molecule has 1 aliphatic carbocycles. The molecule has 0 spiro atoms. The molecule has 3 rings (SSSR count). The number of amides is 1. The van der Waals surface area contributed by atoms with Crippen molar-refractivity contribution >= 4 is 15.9 Å². The zero-order valence-electron chi connectivity index (χ0n) is 16.4. The highest BCUT2D eigenvalue weighted by atomic mass is 32.2. The van der Waals surface area contributed by atoms with Crippen LogP contribution < -0.4 is 10.5 Å². The van der Waals surface area contributed by atoms with E-state index in [4.69, 9.17) is 5.73 Å². The molecule has 1 aromatic rings. The highest BCUT2D eigenvalue weighted by Crippen LogP contribution is 2.37. The van der Waals surface area contributed by atoms with Crippen molar-refractivity contribution in [1.29, 1.82) is 0 Å². The maximum Gasteiger partial charge on any atom is 0.241 e. The Labute approximate surface area is 162 Å². The van der Waals surface area contributed by atoms with Gasteiger partial charge in [-0.3, -0.25) is 4.79 Å². The smallest absolute Gasteiger partial charge is 0.241 e. The maximum atomic E-state index is 13.1. The minimum absolute atomic E-state index is 0.124. The molecule has 2 aliphatic rings. The van der Waals surface area contributed by atoms with Gasteiger partial charge in [-0.25, -0.2) is 8.42 Å². The molecule has 4 atom stereocenters. The summed E-state index contributed by atoms with van der Waals surface area (Å²) in [6, 6.07) is 6.09. The molecule has 0 radical (unpaired) electrons. The molecule has 6 nitrogen and oxygen atoms in total. The van der Waals surface area contributed by atoms with Crippen LogP contribution in [0, 0.1) is 24.7 Å². The molecular formula is C20H31N3O3S. The van der Waals surface area contributed by atoms with E-state index in [9.17, 15) is 13.2 Å². The minimum atomic E-state index is -3.75. The molecule has 1 heterocycles. The Morgan fingerprint density at radius 3 is 2.48 bits per heavy atom. The number of hydrogen-bond acceptors (Lipinski definition) is 4. The van der Waals surface area contributed by atoms with Crippen molar-refractivity contribution in [2.75, 3.05) is 13.1 Å². The monoisotopic (exact) mass is 393 g/mol. The Balaban J connectivity index is 1.75. The van der Waals surface area contributed by atoms with Crippen molar-refractivity contribution in [3.05, 3.63) is 29.8 Å². The molecule has 27 heavy (non-hydrogen) atoms. The van der Waals surface area contributed by atoms with Gasteiger partial charge in [-0.1, -0.05) is 31.5 Å². The molecule has 7 heteroatoms. The number of nitrogens with two attached hydrogens (primary N) is 1. The molecule has 150 valence electrons. The Hall–Kier alpha value is -1.44. The Morgan fingerprint density at radius 2 is 1.89 bits per heavy atom. The van der Waals surface area contributed by atoms with Crippen molar-refractivity contribution in [1.82, 2.24) is 9.62 Å². The normalized spacial score (nSPS) is 26.4. The highest BCUT2D eigenvalue weighted by Gasteiger charge is 2.44. The summed E-state index contributed by atoms with van der Waals surface area (Å²) in [5.74, 6) is 0.879. The molecule has 2 fully saturated rings. The highest BCUT2D eigenvalue weighted by molar-refractivity contribution is 7.89. The second-order valence-corrected chi connectivity index (χ2v) is 10.2. The number of rotatable bonds is 6. The topological polar surface area (TPSA) is 92.5 Å². The predicted octanol–water partition coefficient (Wildman–Crippen LogP) is 1.88. The van der Waals surface area contributed by atoms with Crippen molar-refractivity contribution in [3.8, 4) is 0 Å². The van der Waals surface area contributed by atoms with Crippen LogP contribution in [0.5, 0.6) is 0 Å². The summed E-state index contributed by atoms with van der Waals surface area (Å²) in [7, 11) is -3.75. The number of nitrogens with zero attached hydrogens (tertiary/aromatic N) is 1. The van der Waals surface area contributed by atoms with Gasteiger partial charge in [-0.15, -0.1) is 0 Å². The number of carbonyl (C=O) groups excluding carboxylic acids is 1. The molecular weight excluding hydrogens is 362 g/mol. The van der Waals surface area contributed by atoms with Gasteiger partial charge in [-0.05, 0) is 56.1 Å². The minimum Gasteiger partial charge on any atom is -0.341 e. The SMILES string of the molecule is Cc1ccc(S(=O)(=O)NC(CC(C)C)C(=O)N2CC3CCC(N)C3C2)cc1. The van der Waals surface area contributed by atoms with Crippen LogP contribution in [0.15, 0.2) is 29.2 Å². The number of likely N-dealkylation sites (tertiary alicyclic amines) is 1. The number of benzene rings is 1. The van der Waals surface area contributed by atoms with E-state index < -0.39 is 16.1 Å². The third-order valence-corrected chi connectivity index (χ3v) is 7.35. The van der Waals surface area contributed by atoms with E-state index in [1.165, 1.54) is 0 Å². The summed E-state index contributed by atoms with van der Waals surface area (Å²) in [5, 5.41) is 0. The van der Waals surface area contributed by atoms with E-state index >= 15 is 0 Å². The predicted molar refractivity (Wildman–Crippen MR) is 106 cm³/mol. The van der Waals surface area contributed by atoms with Crippen molar-refractivity contribution in [2.45, 2.75) is 57.0 Å². The summed E-state index contributed by atoms with van der Waals surface area (Å²) in [5.41, 5.74) is 7.17. The van der Waals surface area contributed by atoms with Crippen LogP contribution in [-0.4, -0.2) is 44.4 Å². The van der Waals surface area contributed by atoms with Gasteiger partial charge in [0, 0.05) is 19.1 Å². The fraction of sp³-hybridized carbons (Fsp3) is 0.650. The largest absolute Gasteiger partial charge is 0.341 e. The molecule has 4 unspecified atom stereocenters. The summed E-state index contributed by atoms with van der Waals surface area (Å²) < 4.78 is 28.3. The first-order chi connectivity index (χ1) is 12.7. The summed E-state index contributed by atoms with van der Waals surface area (Å²) in [4.78, 5) is 15.1. The van der Waals surface area contributed by atoms with Crippen LogP contribution in [-0.2, 0) is 14.8 Å². The first-order valence-corrected chi connectivity index (χ1v) is 11.3. The summed E-state index contributed by atoms with van der Waals surface area (Å²) in [6.45, 7) is 7.23. The van der Waals surface area contributed by atoms with E-state index in [1.807, 2.05) is 25.7 Å². The molecule has 0 bridgehead atoms. The molecule has 1 aromatic carbocycles. The van der Waals surface area contributed by atoms with Gasteiger partial charge in [0.05, 0.1) is 4.90 Å². The molecule has 0 aromatic heterocycles. The second kappa shape index (κ2) is 7.89. The lowest BCUT2D eigenvalue weighted by Crippen LogP contribution is -2.49. The zero-order valence-corrected chi connectivity index (χ0v) is 17.2. The first-order valence-electron chi connectivity index (χ1n) is 9.80.